The summed E-state index contributed by atoms with van der Waals surface area (Å²) < 4.78 is 8.55. The van der Waals surface area contributed by atoms with Gasteiger partial charge in [-0.15, -0.1) is 6.58 Å². The lowest BCUT2D eigenvalue weighted by Crippen LogP contribution is -2.43. The van der Waals surface area contributed by atoms with Crippen molar-refractivity contribution >= 4 is 27.8 Å². The maximum absolute atomic E-state index is 6.48. The van der Waals surface area contributed by atoms with Crippen molar-refractivity contribution in [2.24, 2.45) is 5.41 Å². The molecule has 1 atom stereocenters. The van der Waals surface area contributed by atoms with Gasteiger partial charge in [0.15, 0.2) is 0 Å². The number of para-hydroxylation sites is 1. The molecule has 166 valence electrons. The number of pyridine rings is 1. The highest BCUT2D eigenvalue weighted by Gasteiger charge is 2.35. The van der Waals surface area contributed by atoms with E-state index in [1.165, 1.54) is 6.33 Å². The number of ether oxygens (including phenoxy) is 1. The maximum Gasteiger partial charge on any atom is 0.146 e. The van der Waals surface area contributed by atoms with Crippen LogP contribution in [0.2, 0.25) is 0 Å². The van der Waals surface area contributed by atoms with E-state index in [4.69, 9.17) is 10.5 Å². The van der Waals surface area contributed by atoms with Crippen molar-refractivity contribution in [2.75, 3.05) is 5.73 Å². The van der Waals surface area contributed by atoms with Crippen LogP contribution in [0.15, 0.2) is 61.7 Å². The first kappa shape index (κ1) is 22.0. The topological polar surface area (TPSA) is 78.9 Å². The van der Waals surface area contributed by atoms with Crippen LogP contribution >= 0.6 is 0 Å². The molecule has 6 nitrogen and oxygen atoms in total. The lowest BCUT2D eigenvalue weighted by atomic mass is 9.79. The molecule has 0 aliphatic heterocycles. The Hall–Kier alpha value is -3.25. The van der Waals surface area contributed by atoms with Gasteiger partial charge in [0.2, 0.25) is 0 Å². The standard InChI is InChI=1S/C26H31N5O/c1-7-19(32-26(5,6)25(2,3)4)14-31-15-20(22-23(27)29-16-30-24(22)31)18-12-17-10-8-9-11-21(17)28-13-18/h7-13,15-16,19H,1,14H2,2-6H3,(H2,27,29,30). The normalized spacial score (nSPS) is 13.5. The van der Waals surface area contributed by atoms with E-state index in [0.29, 0.717) is 12.4 Å². The molecule has 0 saturated heterocycles. The van der Waals surface area contributed by atoms with Gasteiger partial charge in [-0.2, -0.15) is 0 Å². The summed E-state index contributed by atoms with van der Waals surface area (Å²) in [6.45, 7) is 15.3. The molecule has 0 fully saturated rings. The van der Waals surface area contributed by atoms with E-state index in [1.807, 2.05) is 30.5 Å². The first-order valence-electron chi connectivity index (χ1n) is 10.9. The zero-order chi connectivity index (χ0) is 23.1. The number of anilines is 1. The Morgan fingerprint density at radius 2 is 1.88 bits per heavy atom. The summed E-state index contributed by atoms with van der Waals surface area (Å²) in [5, 5.41) is 1.89. The molecule has 1 unspecified atom stereocenters. The van der Waals surface area contributed by atoms with Crippen LogP contribution in [0.25, 0.3) is 33.1 Å². The van der Waals surface area contributed by atoms with Crippen LogP contribution in [0.1, 0.15) is 34.6 Å². The van der Waals surface area contributed by atoms with Crippen molar-refractivity contribution in [1.29, 1.82) is 0 Å². The number of nitrogens with two attached hydrogens (primary N) is 1. The van der Waals surface area contributed by atoms with Crippen molar-refractivity contribution in [3.05, 3.63) is 61.7 Å². The molecular weight excluding hydrogens is 398 g/mol. The van der Waals surface area contributed by atoms with Gasteiger partial charge in [-0.1, -0.05) is 45.0 Å². The Morgan fingerprint density at radius 3 is 2.59 bits per heavy atom. The second-order valence-corrected chi connectivity index (χ2v) is 9.72. The van der Waals surface area contributed by atoms with E-state index in [0.717, 1.165) is 33.1 Å². The fourth-order valence-corrected chi connectivity index (χ4v) is 3.63. The molecule has 32 heavy (non-hydrogen) atoms. The van der Waals surface area contributed by atoms with Crippen LogP contribution in [-0.4, -0.2) is 31.2 Å². The monoisotopic (exact) mass is 429 g/mol. The molecule has 0 radical (unpaired) electrons. The molecule has 3 aromatic heterocycles. The summed E-state index contributed by atoms with van der Waals surface area (Å²) in [5.41, 5.74) is 9.59. The van der Waals surface area contributed by atoms with Crippen LogP contribution in [0.5, 0.6) is 0 Å². The van der Waals surface area contributed by atoms with Crippen molar-refractivity contribution in [1.82, 2.24) is 19.5 Å². The summed E-state index contributed by atoms with van der Waals surface area (Å²) in [5.74, 6) is 0.447. The number of hydrogen-bond acceptors (Lipinski definition) is 5. The van der Waals surface area contributed by atoms with Gasteiger partial charge in [-0.05, 0) is 31.4 Å². The number of aromatic nitrogens is 4. The Labute approximate surface area is 189 Å². The highest BCUT2D eigenvalue weighted by atomic mass is 16.5. The van der Waals surface area contributed by atoms with Crippen molar-refractivity contribution < 1.29 is 4.74 Å². The van der Waals surface area contributed by atoms with E-state index in [1.54, 1.807) is 0 Å². The molecule has 2 N–H and O–H groups in total. The Balaban J connectivity index is 1.78. The molecule has 4 aromatic rings. The largest absolute Gasteiger partial charge is 0.383 e. The van der Waals surface area contributed by atoms with Gasteiger partial charge in [-0.25, -0.2) is 9.97 Å². The van der Waals surface area contributed by atoms with E-state index in [-0.39, 0.29) is 17.1 Å². The van der Waals surface area contributed by atoms with Crippen LogP contribution in [-0.2, 0) is 11.3 Å². The van der Waals surface area contributed by atoms with Crippen LogP contribution < -0.4 is 5.73 Å². The Bertz CT molecular complexity index is 1280. The quantitative estimate of drug-likeness (QED) is 0.402. The molecule has 0 amide bonds. The number of hydrogen-bond donors (Lipinski definition) is 1. The first-order valence-corrected chi connectivity index (χ1v) is 10.9. The fourth-order valence-electron chi connectivity index (χ4n) is 3.63. The maximum atomic E-state index is 6.48. The smallest absolute Gasteiger partial charge is 0.146 e. The third-order valence-corrected chi connectivity index (χ3v) is 6.48. The molecule has 3 heterocycles. The SMILES string of the molecule is C=CC(Cn1cc(-c2cnc3ccccc3c2)c2c(N)ncnc21)OC(C)(C)C(C)(C)C. The molecule has 0 aliphatic rings. The van der Waals surface area contributed by atoms with Gasteiger partial charge in [-0.3, -0.25) is 4.98 Å². The minimum Gasteiger partial charge on any atom is -0.383 e. The van der Waals surface area contributed by atoms with Gasteiger partial charge < -0.3 is 15.0 Å². The number of rotatable bonds is 6. The zero-order valence-corrected chi connectivity index (χ0v) is 19.5. The first-order chi connectivity index (χ1) is 15.1. The minimum atomic E-state index is -0.339. The predicted octanol–water partition coefficient (Wildman–Crippen LogP) is 5.62. The highest BCUT2D eigenvalue weighted by molar-refractivity contribution is 6.01. The third-order valence-electron chi connectivity index (χ3n) is 6.48. The summed E-state index contributed by atoms with van der Waals surface area (Å²) in [6, 6.07) is 10.2. The molecule has 4 rings (SSSR count). The lowest BCUT2D eigenvalue weighted by molar-refractivity contribution is -0.118. The van der Waals surface area contributed by atoms with Crippen molar-refractivity contribution in [2.45, 2.75) is 52.9 Å². The number of nitrogens with zero attached hydrogens (tertiary/aromatic N) is 4. The molecule has 0 aliphatic carbocycles. The average molecular weight is 430 g/mol. The number of nitrogen functional groups attached to an aromatic ring is 1. The summed E-state index contributed by atoms with van der Waals surface area (Å²) in [4.78, 5) is 13.4. The van der Waals surface area contributed by atoms with E-state index in [2.05, 4.69) is 79.0 Å². The summed E-state index contributed by atoms with van der Waals surface area (Å²) >= 11 is 0. The molecule has 0 saturated carbocycles. The van der Waals surface area contributed by atoms with Gasteiger partial charge in [0.1, 0.15) is 17.8 Å². The van der Waals surface area contributed by atoms with Gasteiger partial charge in [0.25, 0.3) is 0 Å². The predicted molar refractivity (Wildman–Crippen MR) is 131 cm³/mol. The zero-order valence-electron chi connectivity index (χ0n) is 19.5. The highest BCUT2D eigenvalue weighted by Crippen LogP contribution is 2.36. The van der Waals surface area contributed by atoms with E-state index in [9.17, 15) is 0 Å². The molecule has 0 bridgehead atoms. The molecular formula is C26H31N5O. The van der Waals surface area contributed by atoms with Crippen LogP contribution in [0.3, 0.4) is 0 Å². The summed E-state index contributed by atoms with van der Waals surface area (Å²) in [6.07, 6.45) is 7.09. The van der Waals surface area contributed by atoms with Gasteiger partial charge >= 0.3 is 0 Å². The van der Waals surface area contributed by atoms with Crippen molar-refractivity contribution in [3.63, 3.8) is 0 Å². The second-order valence-electron chi connectivity index (χ2n) is 9.72. The third kappa shape index (κ3) is 3.98. The van der Waals surface area contributed by atoms with E-state index < -0.39 is 0 Å². The molecule has 6 heteroatoms. The molecule has 0 spiro atoms. The minimum absolute atomic E-state index is 0.0263. The van der Waals surface area contributed by atoms with Crippen molar-refractivity contribution in [3.8, 4) is 11.1 Å². The lowest BCUT2D eigenvalue weighted by Gasteiger charge is -2.40. The summed E-state index contributed by atoms with van der Waals surface area (Å²) in [7, 11) is 0. The Kier molecular flexibility index (Phi) is 5.51. The molecule has 1 aromatic carbocycles. The second kappa shape index (κ2) is 8.02. The van der Waals surface area contributed by atoms with Crippen LogP contribution in [0.4, 0.5) is 5.82 Å². The van der Waals surface area contributed by atoms with Gasteiger partial charge in [0.05, 0.1) is 29.2 Å². The fraction of sp³-hybridized carbons (Fsp3) is 0.346. The number of benzene rings is 1. The Morgan fingerprint density at radius 1 is 1.12 bits per heavy atom. The number of fused-ring (bicyclic) bond motifs is 2. The van der Waals surface area contributed by atoms with Crippen LogP contribution in [0, 0.1) is 5.41 Å². The van der Waals surface area contributed by atoms with Gasteiger partial charge in [0, 0.05) is 28.9 Å². The average Bonchev–Trinajstić information content (AvgIpc) is 3.11. The van der Waals surface area contributed by atoms with E-state index >= 15 is 0 Å².